The highest BCUT2D eigenvalue weighted by atomic mass is 19.1. The summed E-state index contributed by atoms with van der Waals surface area (Å²) in [7, 11) is 1.30. The van der Waals surface area contributed by atoms with Crippen LogP contribution >= 0.6 is 0 Å². The largest absolute Gasteiger partial charge is 0.494 e. The van der Waals surface area contributed by atoms with E-state index in [1.54, 1.807) is 6.07 Å². The van der Waals surface area contributed by atoms with Gasteiger partial charge in [0.1, 0.15) is 11.6 Å². The van der Waals surface area contributed by atoms with Gasteiger partial charge in [0.15, 0.2) is 17.3 Å². The number of hydrogen-bond acceptors (Lipinski definition) is 5. The number of hydrogen-bond donors (Lipinski definition) is 0. The number of carbonyl (C=O) groups excluding carboxylic acids is 1. The highest BCUT2D eigenvalue weighted by Crippen LogP contribution is 2.33. The van der Waals surface area contributed by atoms with Crippen molar-refractivity contribution in [3.8, 4) is 11.8 Å². The van der Waals surface area contributed by atoms with Crippen molar-refractivity contribution in [2.45, 2.75) is 25.4 Å². The molecular formula is C17H14FN3O4. The Morgan fingerprint density at radius 1 is 1.40 bits per heavy atom. The van der Waals surface area contributed by atoms with Crippen LogP contribution in [0.3, 0.4) is 0 Å². The molecule has 3 rings (SSSR count). The first kappa shape index (κ1) is 16.6. The molecule has 1 aliphatic carbocycles. The third-order valence-corrected chi connectivity index (χ3v) is 4.03. The van der Waals surface area contributed by atoms with Crippen molar-refractivity contribution in [3.05, 3.63) is 62.2 Å². The standard InChI is InChI=1S/C17H14FN3O4/c1-25-15-5-2-10(6-13(15)18)14(22)9-21-16(23)11(7-19)8-20(17(21)24)12-3-4-12/h2,5-6,8,12H,3-4,9H2,1H3. The van der Waals surface area contributed by atoms with Gasteiger partial charge in [0, 0.05) is 17.8 Å². The molecule has 0 amide bonds. The van der Waals surface area contributed by atoms with Crippen LogP contribution in [0.5, 0.6) is 5.75 Å². The minimum Gasteiger partial charge on any atom is -0.494 e. The number of ether oxygens (including phenoxy) is 1. The molecule has 0 bridgehead atoms. The maximum Gasteiger partial charge on any atom is 0.331 e. The molecule has 0 saturated heterocycles. The second kappa shape index (κ2) is 6.36. The van der Waals surface area contributed by atoms with E-state index in [0.717, 1.165) is 23.5 Å². The molecule has 0 radical (unpaired) electrons. The zero-order valence-electron chi connectivity index (χ0n) is 13.4. The Hall–Kier alpha value is -3.21. The third kappa shape index (κ3) is 3.08. The van der Waals surface area contributed by atoms with Crippen LogP contribution in [0.4, 0.5) is 4.39 Å². The Labute approximate surface area is 141 Å². The number of methoxy groups -OCH3 is 1. The fourth-order valence-electron chi connectivity index (χ4n) is 2.53. The number of halogens is 1. The number of rotatable bonds is 5. The lowest BCUT2D eigenvalue weighted by Crippen LogP contribution is -2.42. The second-order valence-electron chi connectivity index (χ2n) is 5.74. The number of Topliss-reactive ketones (excluding diaryl/α,β-unsaturated/α-hetero) is 1. The summed E-state index contributed by atoms with van der Waals surface area (Å²) in [5.74, 6) is -1.35. The van der Waals surface area contributed by atoms with Gasteiger partial charge in [-0.15, -0.1) is 0 Å². The van der Waals surface area contributed by atoms with Crippen LogP contribution in [0.15, 0.2) is 34.0 Å². The molecule has 128 valence electrons. The normalized spacial score (nSPS) is 13.3. The Kier molecular flexibility index (Phi) is 4.23. The Bertz CT molecular complexity index is 1010. The third-order valence-electron chi connectivity index (χ3n) is 4.03. The first-order valence-electron chi connectivity index (χ1n) is 7.59. The van der Waals surface area contributed by atoms with Crippen molar-refractivity contribution in [2.75, 3.05) is 7.11 Å². The van der Waals surface area contributed by atoms with E-state index in [-0.39, 0.29) is 22.9 Å². The summed E-state index contributed by atoms with van der Waals surface area (Å²) < 4.78 is 20.6. The molecule has 8 heteroatoms. The minimum absolute atomic E-state index is 0.00457. The number of benzene rings is 1. The van der Waals surface area contributed by atoms with Gasteiger partial charge in [0.05, 0.1) is 13.7 Å². The van der Waals surface area contributed by atoms with E-state index in [1.807, 2.05) is 0 Å². The number of ketones is 1. The van der Waals surface area contributed by atoms with E-state index >= 15 is 0 Å². The zero-order valence-corrected chi connectivity index (χ0v) is 13.4. The number of aromatic nitrogens is 2. The van der Waals surface area contributed by atoms with Gasteiger partial charge in [-0.1, -0.05) is 0 Å². The molecule has 1 heterocycles. The summed E-state index contributed by atoms with van der Waals surface area (Å²) in [4.78, 5) is 37.0. The quantitative estimate of drug-likeness (QED) is 0.762. The molecule has 0 N–H and O–H groups in total. The molecule has 1 aliphatic rings. The highest BCUT2D eigenvalue weighted by Gasteiger charge is 2.27. The topological polar surface area (TPSA) is 94.1 Å². The molecule has 25 heavy (non-hydrogen) atoms. The van der Waals surface area contributed by atoms with Crippen molar-refractivity contribution < 1.29 is 13.9 Å². The Morgan fingerprint density at radius 3 is 2.68 bits per heavy atom. The monoisotopic (exact) mass is 343 g/mol. The SMILES string of the molecule is COc1ccc(C(=O)Cn2c(=O)c(C#N)cn(C3CC3)c2=O)cc1F. The molecule has 1 aromatic heterocycles. The molecule has 0 spiro atoms. The van der Waals surface area contributed by atoms with Gasteiger partial charge in [-0.05, 0) is 31.0 Å². The van der Waals surface area contributed by atoms with Crippen LogP contribution in [0.25, 0.3) is 0 Å². The van der Waals surface area contributed by atoms with Gasteiger partial charge < -0.3 is 4.74 Å². The summed E-state index contributed by atoms with van der Waals surface area (Å²) in [6.45, 7) is -0.564. The molecule has 0 unspecified atom stereocenters. The summed E-state index contributed by atoms with van der Waals surface area (Å²) in [6.07, 6.45) is 2.79. The molecule has 2 aromatic rings. The van der Waals surface area contributed by atoms with Gasteiger partial charge in [-0.25, -0.2) is 9.18 Å². The van der Waals surface area contributed by atoms with E-state index in [9.17, 15) is 18.8 Å². The average Bonchev–Trinajstić information content (AvgIpc) is 3.43. The Balaban J connectivity index is 2.00. The smallest absolute Gasteiger partial charge is 0.331 e. The number of carbonyl (C=O) groups is 1. The fraction of sp³-hybridized carbons (Fsp3) is 0.294. The molecule has 7 nitrogen and oxygen atoms in total. The van der Waals surface area contributed by atoms with Crippen molar-refractivity contribution >= 4 is 5.78 Å². The number of nitriles is 1. The van der Waals surface area contributed by atoms with Crippen LogP contribution in [-0.2, 0) is 6.54 Å². The summed E-state index contributed by atoms with van der Waals surface area (Å²) in [5.41, 5.74) is -1.68. The number of nitrogens with zero attached hydrogens (tertiary/aromatic N) is 3. The van der Waals surface area contributed by atoms with Gasteiger partial charge in [-0.3, -0.25) is 18.7 Å². The van der Waals surface area contributed by atoms with E-state index < -0.39 is 29.4 Å². The molecule has 1 saturated carbocycles. The highest BCUT2D eigenvalue weighted by molar-refractivity contribution is 5.96. The average molecular weight is 343 g/mol. The molecule has 0 aliphatic heterocycles. The zero-order chi connectivity index (χ0) is 18.1. The fourth-order valence-corrected chi connectivity index (χ4v) is 2.53. The second-order valence-corrected chi connectivity index (χ2v) is 5.74. The molecular weight excluding hydrogens is 329 g/mol. The molecule has 1 fully saturated rings. The van der Waals surface area contributed by atoms with Gasteiger partial charge >= 0.3 is 5.69 Å². The van der Waals surface area contributed by atoms with Crippen LogP contribution in [0.1, 0.15) is 34.8 Å². The van der Waals surface area contributed by atoms with Crippen molar-refractivity contribution in [1.82, 2.24) is 9.13 Å². The van der Waals surface area contributed by atoms with E-state index in [4.69, 9.17) is 10.00 Å². The van der Waals surface area contributed by atoms with E-state index in [0.29, 0.717) is 0 Å². The van der Waals surface area contributed by atoms with Crippen LogP contribution in [-0.4, -0.2) is 22.0 Å². The first-order chi connectivity index (χ1) is 12.0. The van der Waals surface area contributed by atoms with Gasteiger partial charge in [0.2, 0.25) is 0 Å². The van der Waals surface area contributed by atoms with Crippen LogP contribution in [0, 0.1) is 17.1 Å². The van der Waals surface area contributed by atoms with Crippen LogP contribution in [0.2, 0.25) is 0 Å². The molecule has 0 atom stereocenters. The lowest BCUT2D eigenvalue weighted by molar-refractivity contribution is 0.0968. The predicted molar refractivity (Wildman–Crippen MR) is 85.2 cm³/mol. The van der Waals surface area contributed by atoms with E-state index in [2.05, 4.69) is 0 Å². The maximum absolute atomic E-state index is 13.8. The van der Waals surface area contributed by atoms with Crippen molar-refractivity contribution in [1.29, 1.82) is 5.26 Å². The Morgan fingerprint density at radius 2 is 2.12 bits per heavy atom. The lowest BCUT2D eigenvalue weighted by atomic mass is 10.1. The van der Waals surface area contributed by atoms with Crippen LogP contribution < -0.4 is 16.0 Å². The predicted octanol–water partition coefficient (Wildman–Crippen LogP) is 1.25. The first-order valence-corrected chi connectivity index (χ1v) is 7.59. The van der Waals surface area contributed by atoms with Gasteiger partial charge in [-0.2, -0.15) is 5.26 Å². The van der Waals surface area contributed by atoms with Crippen molar-refractivity contribution in [2.24, 2.45) is 0 Å². The minimum atomic E-state index is -0.827. The summed E-state index contributed by atoms with van der Waals surface area (Å²) in [6, 6.07) is 5.31. The maximum atomic E-state index is 13.8. The van der Waals surface area contributed by atoms with Crippen molar-refractivity contribution in [3.63, 3.8) is 0 Å². The summed E-state index contributed by atoms with van der Waals surface area (Å²) >= 11 is 0. The molecule has 1 aromatic carbocycles. The van der Waals surface area contributed by atoms with E-state index in [1.165, 1.54) is 30.0 Å². The summed E-state index contributed by atoms with van der Waals surface area (Å²) in [5, 5.41) is 9.08. The van der Waals surface area contributed by atoms with Gasteiger partial charge in [0.25, 0.3) is 5.56 Å². The lowest BCUT2D eigenvalue weighted by Gasteiger charge is -2.10.